The van der Waals surface area contributed by atoms with E-state index in [1.54, 1.807) is 32.2 Å². The molecule has 0 radical (unpaired) electrons. The molecule has 0 amide bonds. The smallest absolute Gasteiger partial charge is 0.229 e. The zero-order chi connectivity index (χ0) is 26.7. The normalized spacial score (nSPS) is 28.9. The summed E-state index contributed by atoms with van der Waals surface area (Å²) in [4.78, 5) is 0. The lowest BCUT2D eigenvalue weighted by atomic mass is 9.90. The summed E-state index contributed by atoms with van der Waals surface area (Å²) in [6, 6.07) is 9.13. The molecule has 0 spiro atoms. The van der Waals surface area contributed by atoms with Gasteiger partial charge in [-0.3, -0.25) is 0 Å². The van der Waals surface area contributed by atoms with E-state index in [9.17, 15) is 20.4 Å². The first kappa shape index (κ1) is 27.4. The van der Waals surface area contributed by atoms with E-state index in [4.69, 9.17) is 28.4 Å². The zero-order valence-electron chi connectivity index (χ0n) is 21.5. The average molecular weight is 521 g/mol. The number of fused-ring (bicyclic) bond motifs is 1. The standard InChI is InChI=1S/C27H36O10/c1-14-22(30)26(34-4)23(31)27(35-14)36-19-8-7-16(12-20(19)32-2)24-18(13-29)17-10-15(6-5-9-28)11-21(33-3)25(17)37-24/h7-8,10-12,14,18,22-24,26-31H,5-6,9,13H2,1-4H3/t14-,18+,22-,23+,24-,26+,27-/m0/s1. The monoisotopic (exact) mass is 520 g/mol. The van der Waals surface area contributed by atoms with Gasteiger partial charge in [0.1, 0.15) is 24.4 Å². The van der Waals surface area contributed by atoms with Crippen LogP contribution in [0.25, 0.3) is 0 Å². The van der Waals surface area contributed by atoms with Crippen LogP contribution in [-0.4, -0.2) is 85.7 Å². The molecule has 2 heterocycles. The first-order valence-electron chi connectivity index (χ1n) is 12.3. The number of rotatable bonds is 10. The Labute approximate surface area is 216 Å². The van der Waals surface area contributed by atoms with Gasteiger partial charge < -0.3 is 48.8 Å². The van der Waals surface area contributed by atoms with E-state index in [2.05, 4.69) is 0 Å². The highest BCUT2D eigenvalue weighted by Gasteiger charge is 2.45. The molecule has 0 unspecified atom stereocenters. The van der Waals surface area contributed by atoms with Crippen molar-refractivity contribution in [3.05, 3.63) is 47.0 Å². The molecule has 7 atom stereocenters. The SMILES string of the molecule is COc1cc([C@@H]2Oc3c(OC)cc(CCCO)cc3[C@H]2CO)ccc1O[C@@H]1O[C@@H](C)[C@H](O)[C@@H](OC)[C@H]1O. The van der Waals surface area contributed by atoms with E-state index in [-0.39, 0.29) is 19.1 Å². The third kappa shape index (κ3) is 5.36. The van der Waals surface area contributed by atoms with Gasteiger partial charge >= 0.3 is 0 Å². The molecule has 0 saturated carbocycles. The number of aliphatic hydroxyl groups is 4. The molecule has 1 saturated heterocycles. The molecule has 2 aromatic carbocycles. The van der Waals surface area contributed by atoms with Gasteiger partial charge in [-0.25, -0.2) is 0 Å². The highest BCUT2D eigenvalue weighted by Crippen LogP contribution is 2.51. The van der Waals surface area contributed by atoms with Gasteiger partial charge in [-0.15, -0.1) is 0 Å². The maximum absolute atomic E-state index is 10.6. The van der Waals surface area contributed by atoms with Crippen LogP contribution < -0.4 is 18.9 Å². The fraction of sp³-hybridized carbons (Fsp3) is 0.556. The van der Waals surface area contributed by atoms with Crippen LogP contribution in [0.5, 0.6) is 23.0 Å². The van der Waals surface area contributed by atoms with E-state index >= 15 is 0 Å². The van der Waals surface area contributed by atoms with Crippen molar-refractivity contribution in [3.63, 3.8) is 0 Å². The molecular formula is C27H36O10. The van der Waals surface area contributed by atoms with Crippen molar-refractivity contribution in [1.29, 1.82) is 0 Å². The van der Waals surface area contributed by atoms with Gasteiger partial charge in [0.25, 0.3) is 0 Å². The first-order chi connectivity index (χ1) is 17.9. The van der Waals surface area contributed by atoms with Gasteiger partial charge in [-0.05, 0) is 49.1 Å². The van der Waals surface area contributed by atoms with E-state index in [1.807, 2.05) is 12.1 Å². The molecule has 10 nitrogen and oxygen atoms in total. The Morgan fingerprint density at radius 3 is 2.32 bits per heavy atom. The largest absolute Gasteiger partial charge is 0.493 e. The van der Waals surface area contributed by atoms with Crippen LogP contribution in [0.3, 0.4) is 0 Å². The van der Waals surface area contributed by atoms with Crippen LogP contribution in [-0.2, 0) is 15.9 Å². The van der Waals surface area contributed by atoms with Crippen molar-refractivity contribution < 1.29 is 48.8 Å². The second-order valence-electron chi connectivity index (χ2n) is 9.29. The van der Waals surface area contributed by atoms with Crippen molar-refractivity contribution in [1.82, 2.24) is 0 Å². The molecule has 2 aromatic rings. The third-order valence-electron chi connectivity index (χ3n) is 7.01. The lowest BCUT2D eigenvalue weighted by Crippen LogP contribution is -2.59. The average Bonchev–Trinajstić information content (AvgIpc) is 3.29. The van der Waals surface area contributed by atoms with Crippen molar-refractivity contribution in [3.8, 4) is 23.0 Å². The van der Waals surface area contributed by atoms with Crippen LogP contribution in [0, 0.1) is 0 Å². The summed E-state index contributed by atoms with van der Waals surface area (Å²) in [7, 11) is 4.48. The lowest BCUT2D eigenvalue weighted by molar-refractivity contribution is -0.273. The molecule has 37 heavy (non-hydrogen) atoms. The Morgan fingerprint density at radius 1 is 0.919 bits per heavy atom. The summed E-state index contributed by atoms with van der Waals surface area (Å²) in [5.41, 5.74) is 2.59. The van der Waals surface area contributed by atoms with E-state index < -0.39 is 36.8 Å². The lowest BCUT2D eigenvalue weighted by Gasteiger charge is -2.40. The van der Waals surface area contributed by atoms with Gasteiger partial charge in [0.2, 0.25) is 6.29 Å². The summed E-state index contributed by atoms with van der Waals surface area (Å²) in [5, 5.41) is 40.4. The number of ether oxygens (including phenoxy) is 6. The van der Waals surface area contributed by atoms with Crippen LogP contribution >= 0.6 is 0 Å². The highest BCUT2D eigenvalue weighted by molar-refractivity contribution is 5.56. The maximum Gasteiger partial charge on any atom is 0.229 e. The van der Waals surface area contributed by atoms with Gasteiger partial charge in [0, 0.05) is 19.3 Å². The Kier molecular flexibility index (Phi) is 8.79. The van der Waals surface area contributed by atoms with Crippen LogP contribution in [0.4, 0.5) is 0 Å². The Bertz CT molecular complexity index is 1060. The van der Waals surface area contributed by atoms with Gasteiger partial charge in [-0.2, -0.15) is 0 Å². The van der Waals surface area contributed by atoms with Crippen LogP contribution in [0.2, 0.25) is 0 Å². The number of hydrogen-bond donors (Lipinski definition) is 4. The number of aryl methyl sites for hydroxylation is 1. The predicted molar refractivity (Wildman–Crippen MR) is 132 cm³/mol. The Hall–Kier alpha value is -2.60. The van der Waals surface area contributed by atoms with Crippen molar-refractivity contribution >= 4 is 0 Å². The zero-order valence-corrected chi connectivity index (χ0v) is 21.5. The molecule has 0 aromatic heterocycles. The van der Waals surface area contributed by atoms with Crippen LogP contribution in [0.15, 0.2) is 30.3 Å². The molecule has 204 valence electrons. The quantitative estimate of drug-likeness (QED) is 0.366. The Balaban J connectivity index is 1.60. The number of methoxy groups -OCH3 is 3. The summed E-state index contributed by atoms with van der Waals surface area (Å²) in [6.07, 6.45) is -3.99. The number of hydrogen-bond acceptors (Lipinski definition) is 10. The van der Waals surface area contributed by atoms with Gasteiger partial charge in [0.05, 0.1) is 32.8 Å². The van der Waals surface area contributed by atoms with Crippen molar-refractivity contribution in [2.24, 2.45) is 0 Å². The fourth-order valence-corrected chi connectivity index (χ4v) is 4.99. The van der Waals surface area contributed by atoms with E-state index in [1.165, 1.54) is 14.2 Å². The summed E-state index contributed by atoms with van der Waals surface area (Å²) in [5.74, 6) is 1.52. The maximum atomic E-state index is 10.6. The number of benzene rings is 2. The topological polar surface area (TPSA) is 136 Å². The van der Waals surface area contributed by atoms with Gasteiger partial charge in [-0.1, -0.05) is 12.1 Å². The molecule has 1 fully saturated rings. The van der Waals surface area contributed by atoms with Crippen molar-refractivity contribution in [2.75, 3.05) is 34.5 Å². The van der Waals surface area contributed by atoms with Crippen molar-refractivity contribution in [2.45, 2.75) is 62.5 Å². The third-order valence-corrected chi connectivity index (χ3v) is 7.01. The molecule has 4 N–H and O–H groups in total. The highest BCUT2D eigenvalue weighted by atomic mass is 16.7. The summed E-state index contributed by atoms with van der Waals surface area (Å²) < 4.78 is 34.3. The molecule has 2 aliphatic heterocycles. The van der Waals surface area contributed by atoms with E-state index in [0.29, 0.717) is 35.8 Å². The minimum atomic E-state index is -1.22. The predicted octanol–water partition coefficient (Wildman–Crippen LogP) is 1.70. The summed E-state index contributed by atoms with van der Waals surface area (Å²) in [6.45, 7) is 1.61. The summed E-state index contributed by atoms with van der Waals surface area (Å²) >= 11 is 0. The molecule has 10 heteroatoms. The molecule has 4 rings (SSSR count). The molecular weight excluding hydrogens is 484 g/mol. The molecule has 0 bridgehead atoms. The second kappa shape index (κ2) is 11.8. The Morgan fingerprint density at radius 2 is 1.68 bits per heavy atom. The second-order valence-corrected chi connectivity index (χ2v) is 9.29. The first-order valence-corrected chi connectivity index (χ1v) is 12.3. The minimum Gasteiger partial charge on any atom is -0.493 e. The minimum absolute atomic E-state index is 0.0880. The molecule has 2 aliphatic rings. The van der Waals surface area contributed by atoms with Crippen LogP contribution in [0.1, 0.15) is 42.1 Å². The number of aliphatic hydroxyl groups excluding tert-OH is 4. The molecule has 0 aliphatic carbocycles. The van der Waals surface area contributed by atoms with Gasteiger partial charge in [0.15, 0.2) is 23.0 Å². The fourth-order valence-electron chi connectivity index (χ4n) is 4.99. The van der Waals surface area contributed by atoms with E-state index in [0.717, 1.165) is 16.7 Å².